The van der Waals surface area contributed by atoms with Crippen LogP contribution in [0, 0.1) is 0 Å². The Labute approximate surface area is 150 Å². The quantitative estimate of drug-likeness (QED) is 0.519. The van der Waals surface area contributed by atoms with Gasteiger partial charge in [0.1, 0.15) is 5.69 Å². The second-order valence-corrected chi connectivity index (χ2v) is 6.60. The van der Waals surface area contributed by atoms with Crippen LogP contribution in [0.3, 0.4) is 0 Å². The third kappa shape index (κ3) is 4.12. The monoisotopic (exact) mass is 381 g/mol. The highest BCUT2D eigenvalue weighted by molar-refractivity contribution is 7.17. The first-order valence-corrected chi connectivity index (χ1v) is 8.43. The molecule has 0 radical (unpaired) electrons. The maximum absolute atomic E-state index is 12.6. The van der Waals surface area contributed by atoms with Gasteiger partial charge in [-0.1, -0.05) is 12.1 Å². The molecule has 3 rings (SSSR count). The molecule has 2 aromatic heterocycles. The summed E-state index contributed by atoms with van der Waals surface area (Å²) in [6.45, 7) is 0.515. The molecule has 0 fully saturated rings. The van der Waals surface area contributed by atoms with Crippen molar-refractivity contribution in [2.45, 2.75) is 19.1 Å². The molecule has 0 atom stereocenters. The lowest BCUT2D eigenvalue weighted by Crippen LogP contribution is -2.16. The number of carbonyl (C=O) groups is 1. The molecule has 0 aliphatic heterocycles. The van der Waals surface area contributed by atoms with Crippen molar-refractivity contribution in [1.29, 1.82) is 0 Å². The van der Waals surface area contributed by atoms with Crippen molar-refractivity contribution in [3.8, 4) is 10.6 Å². The molecule has 0 saturated carbocycles. The summed E-state index contributed by atoms with van der Waals surface area (Å²) in [6.07, 6.45) is -2.02. The van der Waals surface area contributed by atoms with Crippen molar-refractivity contribution in [3.05, 3.63) is 64.7 Å². The molecule has 0 aliphatic carbocycles. The second-order valence-electron chi connectivity index (χ2n) is 5.51. The summed E-state index contributed by atoms with van der Waals surface area (Å²) in [5.41, 5.74) is 2.38. The van der Waals surface area contributed by atoms with Crippen LogP contribution < -0.4 is 5.48 Å². The van der Waals surface area contributed by atoms with E-state index in [1.807, 2.05) is 0 Å². The number of alkyl halides is 3. The van der Waals surface area contributed by atoms with Crippen molar-refractivity contribution in [1.82, 2.24) is 15.3 Å². The average molecular weight is 381 g/mol. The first kappa shape index (κ1) is 18.2. The number of nitrogens with one attached hydrogen (secondary N) is 1. The highest BCUT2D eigenvalue weighted by Gasteiger charge is 2.29. The van der Waals surface area contributed by atoms with E-state index in [1.165, 1.54) is 23.5 Å². The summed E-state index contributed by atoms with van der Waals surface area (Å²) < 4.78 is 39.4. The van der Waals surface area contributed by atoms with Crippen molar-refractivity contribution in [2.24, 2.45) is 0 Å². The average Bonchev–Trinajstić information content (AvgIpc) is 3.28. The van der Waals surface area contributed by atoms with Crippen LogP contribution in [0.1, 0.15) is 20.8 Å². The van der Waals surface area contributed by atoms with Gasteiger partial charge < -0.3 is 0 Å². The molecular formula is C17H14F3N3O2S. The molecule has 2 N–H and O–H groups in total. The predicted octanol–water partition coefficient (Wildman–Crippen LogP) is 3.99. The van der Waals surface area contributed by atoms with E-state index in [0.717, 1.165) is 22.6 Å². The van der Waals surface area contributed by atoms with Crippen molar-refractivity contribution >= 4 is 17.2 Å². The molecule has 0 bridgehead atoms. The summed E-state index contributed by atoms with van der Waals surface area (Å²) in [7, 11) is 0. The number of nitrogens with zero attached hydrogens (tertiary/aromatic N) is 2. The summed E-state index contributed by atoms with van der Waals surface area (Å²) in [5, 5.41) is 13.0. The number of carbonyl (C=O) groups excluding carboxylic acids is 1. The van der Waals surface area contributed by atoms with Gasteiger partial charge >= 0.3 is 6.18 Å². The van der Waals surface area contributed by atoms with E-state index >= 15 is 0 Å². The molecule has 0 unspecified atom stereocenters. The molecule has 0 spiro atoms. The summed E-state index contributed by atoms with van der Waals surface area (Å²) in [4.78, 5) is 12.5. The smallest absolute Gasteiger partial charge is 0.288 e. The first-order valence-electron chi connectivity index (χ1n) is 7.61. The Morgan fingerprint density at radius 2 is 1.88 bits per heavy atom. The minimum absolute atomic E-state index is 0.363. The van der Waals surface area contributed by atoms with Crippen LogP contribution in [0.5, 0.6) is 0 Å². The van der Waals surface area contributed by atoms with Crippen molar-refractivity contribution < 1.29 is 23.2 Å². The Morgan fingerprint density at radius 3 is 2.54 bits per heavy atom. The van der Waals surface area contributed by atoms with Crippen molar-refractivity contribution in [3.63, 3.8) is 0 Å². The topological polar surface area (TPSA) is 67.2 Å². The minimum atomic E-state index is -4.33. The lowest BCUT2D eigenvalue weighted by Gasteiger charge is -2.07. The lowest BCUT2D eigenvalue weighted by atomic mass is 10.1. The van der Waals surface area contributed by atoms with Crippen LogP contribution in [0.25, 0.3) is 10.6 Å². The van der Waals surface area contributed by atoms with Gasteiger partial charge in [-0.05, 0) is 42.3 Å². The fourth-order valence-electron chi connectivity index (χ4n) is 2.37. The van der Waals surface area contributed by atoms with Gasteiger partial charge in [-0.3, -0.25) is 14.7 Å². The number of hydrogen-bond donors (Lipinski definition) is 2. The zero-order valence-corrected chi connectivity index (χ0v) is 14.1. The molecule has 3 aromatic rings. The Hall–Kier alpha value is -2.65. The summed E-state index contributed by atoms with van der Waals surface area (Å²) in [6, 6.07) is 10.2. The standard InChI is InChI=1S/C17H14F3N3O2S/c18-17(19,20)12-3-1-11(2-4-12)7-9-23-10-8-13(21-23)14-5-6-15(26-14)16(24)22-25/h1-6,8,10,25H,7,9H2,(H,22,24). The third-order valence-electron chi connectivity index (χ3n) is 3.74. The van der Waals surface area contributed by atoms with Gasteiger partial charge in [0.05, 0.1) is 15.3 Å². The van der Waals surface area contributed by atoms with E-state index in [1.54, 1.807) is 34.6 Å². The van der Waals surface area contributed by atoms with E-state index in [0.29, 0.717) is 23.5 Å². The molecule has 2 heterocycles. The number of aromatic nitrogens is 2. The Morgan fingerprint density at radius 1 is 1.15 bits per heavy atom. The number of hydroxylamine groups is 1. The fourth-order valence-corrected chi connectivity index (χ4v) is 3.24. The van der Waals surface area contributed by atoms with Crippen LogP contribution >= 0.6 is 11.3 Å². The van der Waals surface area contributed by atoms with E-state index in [9.17, 15) is 18.0 Å². The molecule has 136 valence electrons. The minimum Gasteiger partial charge on any atom is -0.288 e. The number of rotatable bonds is 5. The van der Waals surface area contributed by atoms with E-state index in [4.69, 9.17) is 5.21 Å². The van der Waals surface area contributed by atoms with Gasteiger partial charge in [-0.25, -0.2) is 5.48 Å². The van der Waals surface area contributed by atoms with E-state index < -0.39 is 17.6 Å². The largest absolute Gasteiger partial charge is 0.416 e. The Bertz CT molecular complexity index is 901. The maximum atomic E-state index is 12.6. The molecule has 9 heteroatoms. The third-order valence-corrected chi connectivity index (χ3v) is 4.84. The van der Waals surface area contributed by atoms with Crippen molar-refractivity contribution in [2.75, 3.05) is 0 Å². The summed E-state index contributed by atoms with van der Waals surface area (Å²) >= 11 is 1.20. The SMILES string of the molecule is O=C(NO)c1ccc(-c2ccn(CCc3ccc(C(F)(F)F)cc3)n2)s1. The molecule has 26 heavy (non-hydrogen) atoms. The van der Waals surface area contributed by atoms with Crippen LogP contribution in [0.4, 0.5) is 13.2 Å². The highest BCUT2D eigenvalue weighted by Crippen LogP contribution is 2.29. The second kappa shape index (κ2) is 7.30. The highest BCUT2D eigenvalue weighted by atomic mass is 32.1. The van der Waals surface area contributed by atoms with E-state index in [-0.39, 0.29) is 0 Å². The molecule has 1 aromatic carbocycles. The summed E-state index contributed by atoms with van der Waals surface area (Å²) in [5.74, 6) is -0.581. The van der Waals surface area contributed by atoms with Crippen LogP contribution in [0.2, 0.25) is 0 Å². The zero-order chi connectivity index (χ0) is 18.7. The van der Waals surface area contributed by atoms with Crippen LogP contribution in [0.15, 0.2) is 48.7 Å². The fraction of sp³-hybridized carbons (Fsp3) is 0.176. The Kier molecular flexibility index (Phi) is 5.10. The lowest BCUT2D eigenvalue weighted by molar-refractivity contribution is -0.137. The van der Waals surface area contributed by atoms with E-state index in [2.05, 4.69) is 5.10 Å². The predicted molar refractivity (Wildman–Crippen MR) is 89.9 cm³/mol. The van der Waals surface area contributed by atoms with Crippen LogP contribution in [-0.2, 0) is 19.1 Å². The number of thiophene rings is 1. The molecular weight excluding hydrogens is 367 g/mol. The zero-order valence-electron chi connectivity index (χ0n) is 13.3. The number of aryl methyl sites for hydroxylation is 2. The number of amides is 1. The molecule has 5 nitrogen and oxygen atoms in total. The number of halogens is 3. The van der Waals surface area contributed by atoms with Gasteiger partial charge in [-0.15, -0.1) is 11.3 Å². The van der Waals surface area contributed by atoms with Gasteiger partial charge in [-0.2, -0.15) is 18.3 Å². The van der Waals surface area contributed by atoms with Gasteiger partial charge in [0.15, 0.2) is 0 Å². The van der Waals surface area contributed by atoms with Gasteiger partial charge in [0.2, 0.25) is 0 Å². The maximum Gasteiger partial charge on any atom is 0.416 e. The molecule has 0 saturated heterocycles. The van der Waals surface area contributed by atoms with Crippen LogP contribution in [-0.4, -0.2) is 20.9 Å². The van der Waals surface area contributed by atoms with Gasteiger partial charge in [0, 0.05) is 12.7 Å². The first-order chi connectivity index (χ1) is 12.4. The number of benzene rings is 1. The Balaban J connectivity index is 1.64. The molecule has 1 amide bonds. The van der Waals surface area contributed by atoms with Gasteiger partial charge in [0.25, 0.3) is 5.91 Å². The normalized spacial score (nSPS) is 11.5. The number of hydrogen-bond acceptors (Lipinski definition) is 4. The molecule has 0 aliphatic rings.